The molecule has 0 heterocycles. The third kappa shape index (κ3) is 3.43. The van der Waals surface area contributed by atoms with Gasteiger partial charge in [0, 0.05) is 10.1 Å². The van der Waals surface area contributed by atoms with Crippen LogP contribution in [0.3, 0.4) is 0 Å². The van der Waals surface area contributed by atoms with E-state index in [1.165, 1.54) is 11.3 Å². The van der Waals surface area contributed by atoms with Crippen molar-refractivity contribution in [3.05, 3.63) is 24.3 Å². The van der Waals surface area contributed by atoms with E-state index in [1.54, 1.807) is 7.11 Å². The number of thioether (sulfide) groups is 1. The van der Waals surface area contributed by atoms with Crippen LogP contribution in [0.4, 0.5) is 0 Å². The van der Waals surface area contributed by atoms with Crippen molar-refractivity contribution in [1.82, 2.24) is 5.32 Å². The molecule has 2 unspecified atom stereocenters. The number of benzene rings is 1. The number of nitrogens with zero attached hydrogens (tertiary/aromatic N) is 1. The summed E-state index contributed by atoms with van der Waals surface area (Å²) in [5, 5.41) is 13.1. The fourth-order valence-electron chi connectivity index (χ4n) is 2.56. The molecule has 1 aliphatic rings. The Bertz CT molecular complexity index is 454. The topological polar surface area (TPSA) is 45.0 Å². The number of nitrogens with one attached hydrogen (secondary N) is 1. The Hall–Kier alpha value is -1.18. The van der Waals surface area contributed by atoms with Gasteiger partial charge in [0.05, 0.1) is 13.2 Å². The van der Waals surface area contributed by atoms with Crippen molar-refractivity contribution in [1.29, 1.82) is 5.26 Å². The minimum absolute atomic E-state index is 0.331. The molecule has 0 saturated heterocycles. The van der Waals surface area contributed by atoms with Gasteiger partial charge in [0.2, 0.25) is 0 Å². The van der Waals surface area contributed by atoms with E-state index < -0.39 is 0 Å². The highest BCUT2D eigenvalue weighted by Crippen LogP contribution is 2.38. The molecule has 1 aromatic rings. The van der Waals surface area contributed by atoms with E-state index in [-0.39, 0.29) is 5.54 Å². The normalized spacial score (nSPS) is 26.7. The van der Waals surface area contributed by atoms with Crippen molar-refractivity contribution in [2.24, 2.45) is 0 Å². The lowest BCUT2D eigenvalue weighted by Gasteiger charge is -2.35. The summed E-state index contributed by atoms with van der Waals surface area (Å²) in [6.45, 7) is 0. The van der Waals surface area contributed by atoms with E-state index in [0.29, 0.717) is 5.25 Å². The summed E-state index contributed by atoms with van der Waals surface area (Å²) < 4.78 is 5.16. The molecule has 2 rings (SSSR count). The minimum atomic E-state index is -0.331. The maximum Gasteiger partial charge on any atom is 0.118 e. The zero-order valence-corrected chi connectivity index (χ0v) is 12.3. The maximum atomic E-state index is 9.36. The van der Waals surface area contributed by atoms with Crippen LogP contribution in [0.1, 0.15) is 25.7 Å². The summed E-state index contributed by atoms with van der Waals surface area (Å²) >= 11 is 1.87. The molecule has 1 fully saturated rings. The van der Waals surface area contributed by atoms with Crippen molar-refractivity contribution in [2.45, 2.75) is 41.4 Å². The summed E-state index contributed by atoms with van der Waals surface area (Å²) in [6, 6.07) is 10.6. The van der Waals surface area contributed by atoms with Crippen molar-refractivity contribution < 1.29 is 4.74 Å². The van der Waals surface area contributed by atoms with Gasteiger partial charge in [-0.2, -0.15) is 5.26 Å². The first kappa shape index (κ1) is 14.2. The Labute approximate surface area is 119 Å². The van der Waals surface area contributed by atoms with Gasteiger partial charge in [-0.1, -0.05) is 0 Å². The first-order chi connectivity index (χ1) is 9.21. The summed E-state index contributed by atoms with van der Waals surface area (Å²) in [5.74, 6) is 0.884. The van der Waals surface area contributed by atoms with Gasteiger partial charge >= 0.3 is 0 Å². The Kier molecular flexibility index (Phi) is 4.73. The fraction of sp³-hybridized carbons (Fsp3) is 0.533. The number of nitriles is 1. The molecule has 102 valence electrons. The third-order valence-corrected chi connectivity index (χ3v) is 5.04. The molecule has 4 heteroatoms. The number of hydrogen-bond donors (Lipinski definition) is 1. The largest absolute Gasteiger partial charge is 0.497 e. The maximum absolute atomic E-state index is 9.36. The first-order valence-electron chi connectivity index (χ1n) is 6.62. The molecule has 1 aromatic carbocycles. The van der Waals surface area contributed by atoms with Crippen LogP contribution in [-0.4, -0.2) is 24.9 Å². The SMILES string of the molecule is CNC1(C#N)CCCC(Sc2ccc(OC)cc2)C1. The Morgan fingerprint density at radius 1 is 1.42 bits per heavy atom. The standard InChI is InChI=1S/C15H20N2OS/c1-17-15(11-16)9-3-4-14(10-15)19-13-7-5-12(18-2)6-8-13/h5-8,14,17H,3-4,9-10H2,1-2H3. The van der Waals surface area contributed by atoms with Gasteiger partial charge in [-0.3, -0.25) is 0 Å². The van der Waals surface area contributed by atoms with Crippen LogP contribution in [-0.2, 0) is 0 Å². The van der Waals surface area contributed by atoms with Crippen LogP contribution in [0, 0.1) is 11.3 Å². The zero-order chi connectivity index (χ0) is 13.7. The molecule has 19 heavy (non-hydrogen) atoms. The molecule has 1 aliphatic carbocycles. The molecular weight excluding hydrogens is 256 g/mol. The van der Waals surface area contributed by atoms with Gasteiger partial charge < -0.3 is 10.1 Å². The van der Waals surface area contributed by atoms with Gasteiger partial charge in [0.1, 0.15) is 11.3 Å². The predicted octanol–water partition coefficient (Wildman–Crippen LogP) is 3.21. The highest BCUT2D eigenvalue weighted by Gasteiger charge is 2.35. The van der Waals surface area contributed by atoms with E-state index in [1.807, 2.05) is 30.9 Å². The van der Waals surface area contributed by atoms with Crippen LogP contribution < -0.4 is 10.1 Å². The second-order valence-electron chi connectivity index (χ2n) is 4.96. The molecule has 0 aliphatic heterocycles. The minimum Gasteiger partial charge on any atom is -0.497 e. The van der Waals surface area contributed by atoms with Crippen LogP contribution in [0.15, 0.2) is 29.2 Å². The van der Waals surface area contributed by atoms with E-state index in [2.05, 4.69) is 23.5 Å². The summed E-state index contributed by atoms with van der Waals surface area (Å²) in [6.07, 6.45) is 4.17. The second-order valence-corrected chi connectivity index (χ2v) is 6.33. The molecule has 1 N–H and O–H groups in total. The monoisotopic (exact) mass is 276 g/mol. The lowest BCUT2D eigenvalue weighted by molar-refractivity contribution is 0.323. The van der Waals surface area contributed by atoms with Gasteiger partial charge in [0.15, 0.2) is 0 Å². The van der Waals surface area contributed by atoms with E-state index in [9.17, 15) is 5.26 Å². The first-order valence-corrected chi connectivity index (χ1v) is 7.50. The number of ether oxygens (including phenoxy) is 1. The molecule has 1 saturated carbocycles. The zero-order valence-electron chi connectivity index (χ0n) is 11.5. The number of hydrogen-bond acceptors (Lipinski definition) is 4. The average Bonchev–Trinajstić information content (AvgIpc) is 2.48. The molecule has 0 radical (unpaired) electrons. The highest BCUT2D eigenvalue weighted by atomic mass is 32.2. The van der Waals surface area contributed by atoms with E-state index in [0.717, 1.165) is 25.0 Å². The Morgan fingerprint density at radius 3 is 2.74 bits per heavy atom. The van der Waals surface area contributed by atoms with Crippen molar-refractivity contribution in [3.8, 4) is 11.8 Å². The number of rotatable bonds is 4. The lowest BCUT2D eigenvalue weighted by Crippen LogP contribution is -2.46. The molecule has 0 bridgehead atoms. The van der Waals surface area contributed by atoms with Gasteiger partial charge in [-0.05, 0) is 57.0 Å². The van der Waals surface area contributed by atoms with Gasteiger partial charge in [0.25, 0.3) is 0 Å². The molecule has 0 spiro atoms. The quantitative estimate of drug-likeness (QED) is 0.917. The molecular formula is C15H20N2OS. The van der Waals surface area contributed by atoms with Crippen LogP contribution in [0.2, 0.25) is 0 Å². The van der Waals surface area contributed by atoms with Crippen LogP contribution >= 0.6 is 11.8 Å². The molecule has 0 aromatic heterocycles. The smallest absolute Gasteiger partial charge is 0.118 e. The fourth-order valence-corrected chi connectivity index (χ4v) is 3.89. The second kappa shape index (κ2) is 6.31. The van der Waals surface area contributed by atoms with Crippen LogP contribution in [0.5, 0.6) is 5.75 Å². The van der Waals surface area contributed by atoms with Gasteiger partial charge in [-0.25, -0.2) is 0 Å². The molecule has 2 atom stereocenters. The Balaban J connectivity index is 2.00. The summed E-state index contributed by atoms with van der Waals surface area (Å²) in [4.78, 5) is 1.25. The lowest BCUT2D eigenvalue weighted by atomic mass is 9.83. The van der Waals surface area contributed by atoms with Crippen molar-refractivity contribution >= 4 is 11.8 Å². The van der Waals surface area contributed by atoms with E-state index >= 15 is 0 Å². The Morgan fingerprint density at radius 2 is 2.16 bits per heavy atom. The van der Waals surface area contributed by atoms with Crippen molar-refractivity contribution in [3.63, 3.8) is 0 Å². The predicted molar refractivity (Wildman–Crippen MR) is 78.5 cm³/mol. The summed E-state index contributed by atoms with van der Waals surface area (Å²) in [5.41, 5.74) is -0.331. The molecule has 3 nitrogen and oxygen atoms in total. The highest BCUT2D eigenvalue weighted by molar-refractivity contribution is 8.00. The van der Waals surface area contributed by atoms with E-state index in [4.69, 9.17) is 4.74 Å². The number of methoxy groups -OCH3 is 1. The van der Waals surface area contributed by atoms with Gasteiger partial charge in [-0.15, -0.1) is 11.8 Å². The molecule has 0 amide bonds. The van der Waals surface area contributed by atoms with Crippen LogP contribution in [0.25, 0.3) is 0 Å². The average molecular weight is 276 g/mol. The third-order valence-electron chi connectivity index (χ3n) is 3.76. The van der Waals surface area contributed by atoms with Crippen molar-refractivity contribution in [2.75, 3.05) is 14.2 Å². The summed E-state index contributed by atoms with van der Waals surface area (Å²) in [7, 11) is 3.57.